The van der Waals surface area contributed by atoms with E-state index in [1.54, 1.807) is 12.2 Å². The number of carbonyl (C=O) groups is 1. The monoisotopic (exact) mass is 214 g/mol. The van der Waals surface area contributed by atoms with Crippen molar-refractivity contribution in [3.8, 4) is 0 Å². The lowest BCUT2D eigenvalue weighted by atomic mass is 9.96. The molecular formula is C15H18O. The molecule has 0 fully saturated rings. The summed E-state index contributed by atoms with van der Waals surface area (Å²) >= 11 is 0. The largest absolute Gasteiger partial charge is 0.290 e. The van der Waals surface area contributed by atoms with Crippen molar-refractivity contribution in [1.29, 1.82) is 0 Å². The van der Waals surface area contributed by atoms with Gasteiger partial charge in [0.15, 0.2) is 5.78 Å². The van der Waals surface area contributed by atoms with E-state index in [2.05, 4.69) is 20.8 Å². The molecule has 1 nitrogen and oxygen atoms in total. The fourth-order valence-corrected chi connectivity index (χ4v) is 1.13. The first-order valence-corrected chi connectivity index (χ1v) is 5.44. The molecule has 16 heavy (non-hydrogen) atoms. The summed E-state index contributed by atoms with van der Waals surface area (Å²) in [7, 11) is 0. The Hall–Kier alpha value is -1.63. The Kier molecular flexibility index (Phi) is 4.24. The molecule has 0 aliphatic rings. The van der Waals surface area contributed by atoms with Crippen LogP contribution in [0.4, 0.5) is 0 Å². The molecule has 0 spiro atoms. The summed E-state index contributed by atoms with van der Waals surface area (Å²) in [5, 5.41) is 0. The fourth-order valence-electron chi connectivity index (χ4n) is 1.13. The maximum atomic E-state index is 11.5. The average molecular weight is 214 g/mol. The van der Waals surface area contributed by atoms with E-state index in [0.717, 1.165) is 5.56 Å². The van der Waals surface area contributed by atoms with Gasteiger partial charge in [-0.15, -0.1) is 0 Å². The number of hydrogen-bond donors (Lipinski definition) is 0. The summed E-state index contributed by atoms with van der Waals surface area (Å²) in [6, 6.07) is 9.80. The topological polar surface area (TPSA) is 17.1 Å². The van der Waals surface area contributed by atoms with E-state index in [1.165, 1.54) is 0 Å². The minimum atomic E-state index is 0.0266. The van der Waals surface area contributed by atoms with Gasteiger partial charge in [0.25, 0.3) is 0 Å². The highest BCUT2D eigenvalue weighted by Crippen LogP contribution is 2.14. The van der Waals surface area contributed by atoms with Gasteiger partial charge in [-0.25, -0.2) is 0 Å². The van der Waals surface area contributed by atoms with E-state index in [9.17, 15) is 4.79 Å². The quantitative estimate of drug-likeness (QED) is 0.698. The third kappa shape index (κ3) is 5.30. The Balaban J connectivity index is 2.59. The highest BCUT2D eigenvalue weighted by molar-refractivity contribution is 6.02. The van der Waals surface area contributed by atoms with Crippen LogP contribution in [0.15, 0.2) is 48.6 Å². The van der Waals surface area contributed by atoms with E-state index in [1.807, 2.05) is 42.5 Å². The number of rotatable bonds is 3. The van der Waals surface area contributed by atoms with Gasteiger partial charge in [0.1, 0.15) is 0 Å². The summed E-state index contributed by atoms with van der Waals surface area (Å²) < 4.78 is 0. The number of benzene rings is 1. The SMILES string of the molecule is CC(C)(C)/C=C/C(=O)/C=C/c1ccccc1. The molecule has 0 saturated carbocycles. The molecule has 0 N–H and O–H groups in total. The van der Waals surface area contributed by atoms with Crippen molar-refractivity contribution in [1.82, 2.24) is 0 Å². The molecule has 1 aromatic rings. The molecule has 0 heterocycles. The molecule has 0 saturated heterocycles. The first kappa shape index (κ1) is 12.4. The smallest absolute Gasteiger partial charge is 0.178 e. The predicted octanol–water partition coefficient (Wildman–Crippen LogP) is 3.87. The predicted molar refractivity (Wildman–Crippen MR) is 69.1 cm³/mol. The number of hydrogen-bond acceptors (Lipinski definition) is 1. The van der Waals surface area contributed by atoms with E-state index in [0.29, 0.717) is 0 Å². The first-order valence-electron chi connectivity index (χ1n) is 5.44. The zero-order valence-corrected chi connectivity index (χ0v) is 10.1. The summed E-state index contributed by atoms with van der Waals surface area (Å²) in [5.74, 6) is 0.0266. The molecule has 1 aromatic carbocycles. The Bertz CT molecular complexity index is 391. The van der Waals surface area contributed by atoms with Crippen molar-refractivity contribution in [2.45, 2.75) is 20.8 Å². The molecule has 0 radical (unpaired) electrons. The molecule has 0 unspecified atom stereocenters. The number of allylic oxidation sites excluding steroid dienone is 3. The second kappa shape index (κ2) is 5.45. The molecule has 1 heteroatoms. The van der Waals surface area contributed by atoms with E-state index >= 15 is 0 Å². The molecule has 0 aliphatic carbocycles. The van der Waals surface area contributed by atoms with E-state index in [4.69, 9.17) is 0 Å². The lowest BCUT2D eigenvalue weighted by Crippen LogP contribution is -2.00. The molecule has 0 amide bonds. The van der Waals surface area contributed by atoms with Gasteiger partial charge < -0.3 is 0 Å². The van der Waals surface area contributed by atoms with Gasteiger partial charge in [0, 0.05) is 0 Å². The Morgan fingerprint density at radius 3 is 2.25 bits per heavy atom. The van der Waals surface area contributed by atoms with Crippen molar-refractivity contribution in [2.24, 2.45) is 5.41 Å². The van der Waals surface area contributed by atoms with Crippen LogP contribution in [0.3, 0.4) is 0 Å². The minimum Gasteiger partial charge on any atom is -0.290 e. The molecule has 0 aromatic heterocycles. The lowest BCUT2D eigenvalue weighted by molar-refractivity contribution is -0.110. The maximum Gasteiger partial charge on any atom is 0.178 e. The van der Waals surface area contributed by atoms with Crippen LogP contribution < -0.4 is 0 Å². The molecule has 1 rings (SSSR count). The van der Waals surface area contributed by atoms with Crippen molar-refractivity contribution >= 4 is 11.9 Å². The third-order valence-electron chi connectivity index (χ3n) is 1.99. The van der Waals surface area contributed by atoms with Gasteiger partial charge >= 0.3 is 0 Å². The Morgan fingerprint density at radius 1 is 1.06 bits per heavy atom. The summed E-state index contributed by atoms with van der Waals surface area (Å²) in [4.78, 5) is 11.5. The van der Waals surface area contributed by atoms with E-state index < -0.39 is 0 Å². The van der Waals surface area contributed by atoms with Gasteiger partial charge in [-0.3, -0.25) is 4.79 Å². The van der Waals surface area contributed by atoms with Crippen LogP contribution >= 0.6 is 0 Å². The maximum absolute atomic E-state index is 11.5. The molecule has 84 valence electrons. The van der Waals surface area contributed by atoms with Gasteiger partial charge in [-0.1, -0.05) is 63.3 Å². The Morgan fingerprint density at radius 2 is 1.69 bits per heavy atom. The standard InChI is InChI=1S/C15H18O/c1-15(2,3)12-11-14(16)10-9-13-7-5-4-6-8-13/h4-12H,1-3H3/b10-9+,12-11+. The molecular weight excluding hydrogens is 196 g/mol. The third-order valence-corrected chi connectivity index (χ3v) is 1.99. The van der Waals surface area contributed by atoms with Crippen LogP contribution in [0, 0.1) is 5.41 Å². The van der Waals surface area contributed by atoms with Gasteiger partial charge in [-0.05, 0) is 23.1 Å². The highest BCUT2D eigenvalue weighted by atomic mass is 16.1. The van der Waals surface area contributed by atoms with Crippen LogP contribution in [0.5, 0.6) is 0 Å². The molecule has 0 atom stereocenters. The minimum absolute atomic E-state index is 0.0266. The lowest BCUT2D eigenvalue weighted by Gasteiger charge is -2.09. The van der Waals surface area contributed by atoms with E-state index in [-0.39, 0.29) is 11.2 Å². The van der Waals surface area contributed by atoms with Gasteiger partial charge in [-0.2, -0.15) is 0 Å². The van der Waals surface area contributed by atoms with Crippen LogP contribution in [0.25, 0.3) is 6.08 Å². The second-order valence-electron chi connectivity index (χ2n) is 4.85. The highest BCUT2D eigenvalue weighted by Gasteiger charge is 2.03. The molecule has 0 aliphatic heterocycles. The fraction of sp³-hybridized carbons (Fsp3) is 0.267. The summed E-state index contributed by atoms with van der Waals surface area (Å²) in [6.07, 6.45) is 6.97. The zero-order valence-electron chi connectivity index (χ0n) is 10.1. The van der Waals surface area contributed by atoms with Crippen molar-refractivity contribution in [3.63, 3.8) is 0 Å². The normalized spacial score (nSPS) is 12.4. The van der Waals surface area contributed by atoms with Gasteiger partial charge in [0.2, 0.25) is 0 Å². The second-order valence-corrected chi connectivity index (χ2v) is 4.85. The zero-order chi connectivity index (χ0) is 12.0. The van der Waals surface area contributed by atoms with Crippen molar-refractivity contribution in [2.75, 3.05) is 0 Å². The molecule has 0 bridgehead atoms. The summed E-state index contributed by atoms with van der Waals surface area (Å²) in [6.45, 7) is 6.20. The Labute approximate surface area is 97.5 Å². The average Bonchev–Trinajstić information content (AvgIpc) is 2.24. The first-order chi connectivity index (χ1) is 7.47. The van der Waals surface area contributed by atoms with Crippen LogP contribution in [0.2, 0.25) is 0 Å². The van der Waals surface area contributed by atoms with Crippen molar-refractivity contribution < 1.29 is 4.79 Å². The van der Waals surface area contributed by atoms with Gasteiger partial charge in [0.05, 0.1) is 0 Å². The summed E-state index contributed by atoms with van der Waals surface area (Å²) in [5.41, 5.74) is 1.09. The van der Waals surface area contributed by atoms with Crippen molar-refractivity contribution in [3.05, 3.63) is 54.1 Å². The number of carbonyl (C=O) groups excluding carboxylic acids is 1. The van der Waals surface area contributed by atoms with Crippen LogP contribution in [-0.4, -0.2) is 5.78 Å². The van der Waals surface area contributed by atoms with Crippen LogP contribution in [0.1, 0.15) is 26.3 Å². The van der Waals surface area contributed by atoms with Crippen LogP contribution in [-0.2, 0) is 4.79 Å². The number of ketones is 1.